The van der Waals surface area contributed by atoms with E-state index in [1.54, 1.807) is 12.1 Å². The van der Waals surface area contributed by atoms with Crippen LogP contribution in [0.1, 0.15) is 35.7 Å². The number of nitrogens with zero attached hydrogens (tertiary/aromatic N) is 1. The minimum Gasteiger partial charge on any atom is -0.449 e. The van der Waals surface area contributed by atoms with Gasteiger partial charge in [-0.15, -0.1) is 0 Å². The van der Waals surface area contributed by atoms with Crippen LogP contribution in [0, 0.1) is 6.92 Å². The van der Waals surface area contributed by atoms with Gasteiger partial charge >= 0.3 is 5.97 Å². The normalized spacial score (nSPS) is 15.7. The smallest absolute Gasteiger partial charge is 0.338 e. The Morgan fingerprint density at radius 1 is 1.03 bits per heavy atom. The highest BCUT2D eigenvalue weighted by molar-refractivity contribution is 7.89. The Hall–Kier alpha value is -2.71. The number of nitrogens with one attached hydrogen (secondary N) is 1. The molecule has 1 amide bonds. The summed E-state index contributed by atoms with van der Waals surface area (Å²) in [6, 6.07) is 12.9. The number of hydrogen-bond donors (Lipinski definition) is 1. The second-order valence-corrected chi connectivity index (χ2v) is 8.93. The number of ether oxygens (including phenoxy) is 1. The summed E-state index contributed by atoms with van der Waals surface area (Å²) in [6.45, 7) is 4.38. The highest BCUT2D eigenvalue weighted by Gasteiger charge is 2.27. The first-order valence-corrected chi connectivity index (χ1v) is 10.9. The Bertz CT molecular complexity index is 996. The van der Waals surface area contributed by atoms with Crippen molar-refractivity contribution in [1.29, 1.82) is 0 Å². The molecule has 154 valence electrons. The molecule has 1 saturated heterocycles. The largest absolute Gasteiger partial charge is 0.449 e. The van der Waals surface area contributed by atoms with Gasteiger partial charge in [-0.2, -0.15) is 4.31 Å². The van der Waals surface area contributed by atoms with Gasteiger partial charge < -0.3 is 10.1 Å². The third-order valence-corrected chi connectivity index (χ3v) is 6.76. The molecule has 8 heteroatoms. The number of benzene rings is 2. The molecule has 0 aliphatic carbocycles. The van der Waals surface area contributed by atoms with E-state index in [1.165, 1.54) is 35.5 Å². The molecule has 3 rings (SSSR count). The van der Waals surface area contributed by atoms with Crippen molar-refractivity contribution < 1.29 is 22.7 Å². The van der Waals surface area contributed by atoms with Crippen LogP contribution in [0.4, 0.5) is 5.69 Å². The topological polar surface area (TPSA) is 92.8 Å². The Labute approximate surface area is 170 Å². The molecule has 29 heavy (non-hydrogen) atoms. The van der Waals surface area contributed by atoms with Gasteiger partial charge in [-0.3, -0.25) is 4.79 Å². The molecular weight excluding hydrogens is 392 g/mol. The van der Waals surface area contributed by atoms with Crippen LogP contribution >= 0.6 is 0 Å². The first-order valence-electron chi connectivity index (χ1n) is 9.47. The van der Waals surface area contributed by atoms with Crippen LogP contribution < -0.4 is 5.32 Å². The van der Waals surface area contributed by atoms with Crippen molar-refractivity contribution in [2.75, 3.05) is 18.4 Å². The molecule has 1 atom stereocenters. The third kappa shape index (κ3) is 4.83. The molecule has 0 aromatic heterocycles. The fourth-order valence-electron chi connectivity index (χ4n) is 3.07. The number of esters is 1. The second-order valence-electron chi connectivity index (χ2n) is 6.99. The van der Waals surface area contributed by atoms with Gasteiger partial charge in [-0.25, -0.2) is 13.2 Å². The molecule has 1 aliphatic heterocycles. The van der Waals surface area contributed by atoms with Gasteiger partial charge in [0.25, 0.3) is 5.91 Å². The number of rotatable bonds is 6. The standard InChI is InChI=1S/C21H24N2O5S/c1-15-7-3-4-8-19(15)22-20(24)16(2)28-21(25)17-9-11-18(12-10-17)29(26,27)23-13-5-6-14-23/h3-4,7-12,16H,5-6,13-14H2,1-2H3,(H,22,24)/t16-/m0/s1. The van der Waals surface area contributed by atoms with Crippen molar-refractivity contribution in [2.24, 2.45) is 0 Å². The van der Waals surface area contributed by atoms with E-state index < -0.39 is 28.0 Å². The predicted octanol–water partition coefficient (Wildman–Crippen LogP) is 2.96. The maximum atomic E-state index is 12.5. The summed E-state index contributed by atoms with van der Waals surface area (Å²) in [5.74, 6) is -1.14. The van der Waals surface area contributed by atoms with Crippen molar-refractivity contribution in [3.05, 3.63) is 59.7 Å². The highest BCUT2D eigenvalue weighted by atomic mass is 32.2. The van der Waals surface area contributed by atoms with E-state index in [-0.39, 0.29) is 10.5 Å². The zero-order valence-electron chi connectivity index (χ0n) is 16.4. The number of carbonyl (C=O) groups is 2. The minimum atomic E-state index is -3.54. The van der Waals surface area contributed by atoms with E-state index in [0.29, 0.717) is 18.8 Å². The van der Waals surface area contributed by atoms with E-state index in [2.05, 4.69) is 5.32 Å². The number of amides is 1. The molecule has 1 N–H and O–H groups in total. The number of hydrogen-bond acceptors (Lipinski definition) is 5. The van der Waals surface area contributed by atoms with Crippen LogP contribution in [-0.4, -0.2) is 43.8 Å². The average Bonchev–Trinajstić information content (AvgIpc) is 3.25. The van der Waals surface area contributed by atoms with Crippen LogP contribution in [0.15, 0.2) is 53.4 Å². The Morgan fingerprint density at radius 3 is 2.28 bits per heavy atom. The van der Waals surface area contributed by atoms with Crippen molar-refractivity contribution in [3.8, 4) is 0 Å². The van der Waals surface area contributed by atoms with Crippen LogP contribution in [0.25, 0.3) is 0 Å². The number of aryl methyl sites for hydroxylation is 1. The highest BCUT2D eigenvalue weighted by Crippen LogP contribution is 2.21. The number of anilines is 1. The Balaban J connectivity index is 1.63. The van der Waals surface area contributed by atoms with Gasteiger partial charge in [0.05, 0.1) is 10.5 Å². The number of carbonyl (C=O) groups excluding carboxylic acids is 2. The summed E-state index contributed by atoms with van der Waals surface area (Å²) in [6.07, 6.45) is 0.702. The van der Waals surface area contributed by atoms with E-state index in [4.69, 9.17) is 4.74 Å². The first kappa shape index (κ1) is 21.0. The summed E-state index contributed by atoms with van der Waals surface area (Å²) in [5, 5.41) is 2.73. The predicted molar refractivity (Wildman–Crippen MR) is 109 cm³/mol. The van der Waals surface area contributed by atoms with Gasteiger partial charge in [0.2, 0.25) is 10.0 Å². The van der Waals surface area contributed by atoms with Gasteiger partial charge in [-0.05, 0) is 62.6 Å². The first-order chi connectivity index (χ1) is 13.8. The zero-order valence-corrected chi connectivity index (χ0v) is 17.2. The minimum absolute atomic E-state index is 0.140. The molecule has 1 heterocycles. The van der Waals surface area contributed by atoms with Gasteiger partial charge in [-0.1, -0.05) is 18.2 Å². The molecule has 0 radical (unpaired) electrons. The maximum absolute atomic E-state index is 12.5. The van der Waals surface area contributed by atoms with Crippen molar-refractivity contribution >= 4 is 27.6 Å². The van der Waals surface area contributed by atoms with Crippen molar-refractivity contribution in [3.63, 3.8) is 0 Å². The van der Waals surface area contributed by atoms with Crippen molar-refractivity contribution in [1.82, 2.24) is 4.31 Å². The summed E-state index contributed by atoms with van der Waals surface area (Å²) in [5.41, 5.74) is 1.73. The molecule has 0 bridgehead atoms. The Kier molecular flexibility index (Phi) is 6.34. The molecule has 0 saturated carbocycles. The number of para-hydroxylation sites is 1. The fourth-order valence-corrected chi connectivity index (χ4v) is 4.59. The maximum Gasteiger partial charge on any atom is 0.338 e. The average molecular weight is 416 g/mol. The Morgan fingerprint density at radius 2 is 1.66 bits per heavy atom. The lowest BCUT2D eigenvalue weighted by atomic mass is 10.2. The van der Waals surface area contributed by atoms with E-state index >= 15 is 0 Å². The van der Waals surface area contributed by atoms with Crippen LogP contribution in [0.5, 0.6) is 0 Å². The lowest BCUT2D eigenvalue weighted by molar-refractivity contribution is -0.123. The van der Waals surface area contributed by atoms with E-state index in [1.807, 2.05) is 19.1 Å². The van der Waals surface area contributed by atoms with Crippen LogP contribution in [0.2, 0.25) is 0 Å². The summed E-state index contributed by atoms with van der Waals surface area (Å²) in [7, 11) is -3.54. The summed E-state index contributed by atoms with van der Waals surface area (Å²) in [4.78, 5) is 24.8. The lowest BCUT2D eigenvalue weighted by Crippen LogP contribution is -2.30. The SMILES string of the molecule is Cc1ccccc1NC(=O)[C@H](C)OC(=O)c1ccc(S(=O)(=O)N2CCCC2)cc1. The zero-order chi connectivity index (χ0) is 21.0. The molecular formula is C21H24N2O5S. The summed E-state index contributed by atoms with van der Waals surface area (Å²) < 4.78 is 31.7. The van der Waals surface area contributed by atoms with Crippen molar-refractivity contribution in [2.45, 2.75) is 37.7 Å². The fraction of sp³-hybridized carbons (Fsp3) is 0.333. The summed E-state index contributed by atoms with van der Waals surface area (Å²) >= 11 is 0. The van der Waals surface area contributed by atoms with E-state index in [9.17, 15) is 18.0 Å². The van der Waals surface area contributed by atoms with E-state index in [0.717, 1.165) is 18.4 Å². The second kappa shape index (κ2) is 8.75. The molecule has 7 nitrogen and oxygen atoms in total. The lowest BCUT2D eigenvalue weighted by Gasteiger charge is -2.16. The van der Waals surface area contributed by atoms with Gasteiger partial charge in [0.1, 0.15) is 0 Å². The third-order valence-electron chi connectivity index (χ3n) is 4.85. The molecule has 2 aromatic carbocycles. The molecule has 0 unspecified atom stereocenters. The molecule has 0 spiro atoms. The molecule has 2 aromatic rings. The van der Waals surface area contributed by atoms with Crippen LogP contribution in [-0.2, 0) is 19.6 Å². The molecule has 1 aliphatic rings. The monoisotopic (exact) mass is 416 g/mol. The van der Waals surface area contributed by atoms with Gasteiger partial charge in [0.15, 0.2) is 6.10 Å². The molecule has 1 fully saturated rings. The number of sulfonamides is 1. The van der Waals surface area contributed by atoms with Crippen LogP contribution in [0.3, 0.4) is 0 Å². The van der Waals surface area contributed by atoms with Gasteiger partial charge in [0, 0.05) is 18.8 Å². The quantitative estimate of drug-likeness (QED) is 0.731.